The molecular weight excluding hydrogens is 276 g/mol. The van der Waals surface area contributed by atoms with Gasteiger partial charge < -0.3 is 14.8 Å². The maximum atomic E-state index is 11.2. The number of aromatic nitrogens is 3. The summed E-state index contributed by atoms with van der Waals surface area (Å²) in [7, 11) is 0. The average molecular weight is 285 g/mol. The number of rotatable bonds is 3. The van der Waals surface area contributed by atoms with E-state index in [1.54, 1.807) is 0 Å². The molecule has 7 heteroatoms. The van der Waals surface area contributed by atoms with Crippen LogP contribution in [0.1, 0.15) is 11.5 Å². The minimum absolute atomic E-state index is 0.230. The predicted molar refractivity (Wildman–Crippen MR) is 61.1 cm³/mol. The van der Waals surface area contributed by atoms with E-state index in [-0.39, 0.29) is 5.56 Å². The van der Waals surface area contributed by atoms with E-state index in [0.29, 0.717) is 22.6 Å². The van der Waals surface area contributed by atoms with Crippen LogP contribution in [0.4, 0.5) is 5.82 Å². The second-order valence-electron chi connectivity index (χ2n) is 3.18. The SMILES string of the molecule is Cc1cc(CNc2nc[nH]c(=O)c2Br)on1. The first kappa shape index (κ1) is 10.9. The highest BCUT2D eigenvalue weighted by Gasteiger charge is 2.06. The van der Waals surface area contributed by atoms with E-state index >= 15 is 0 Å². The molecule has 0 aliphatic rings. The molecule has 0 unspecified atom stereocenters. The fourth-order valence-corrected chi connectivity index (χ4v) is 1.53. The second kappa shape index (κ2) is 4.48. The second-order valence-corrected chi connectivity index (χ2v) is 3.98. The van der Waals surface area contributed by atoms with Crippen molar-refractivity contribution in [3.63, 3.8) is 0 Å². The Labute approximate surface area is 99.2 Å². The van der Waals surface area contributed by atoms with Crippen molar-refractivity contribution in [2.24, 2.45) is 0 Å². The first-order valence-corrected chi connectivity index (χ1v) is 5.35. The molecule has 0 radical (unpaired) electrons. The van der Waals surface area contributed by atoms with E-state index in [9.17, 15) is 4.79 Å². The number of H-pyrrole nitrogens is 1. The fraction of sp³-hybridized carbons (Fsp3) is 0.222. The molecule has 0 aliphatic carbocycles. The Hall–Kier alpha value is -1.63. The monoisotopic (exact) mass is 284 g/mol. The molecule has 2 aromatic heterocycles. The van der Waals surface area contributed by atoms with Crippen molar-refractivity contribution in [1.82, 2.24) is 15.1 Å². The Morgan fingerprint density at radius 2 is 2.44 bits per heavy atom. The summed E-state index contributed by atoms with van der Waals surface area (Å²) in [6, 6.07) is 1.81. The molecule has 2 N–H and O–H groups in total. The number of aryl methyl sites for hydroxylation is 1. The molecule has 0 atom stereocenters. The van der Waals surface area contributed by atoms with E-state index in [1.165, 1.54) is 6.33 Å². The molecule has 0 saturated heterocycles. The number of halogens is 1. The molecule has 6 nitrogen and oxygen atoms in total. The van der Waals surface area contributed by atoms with Crippen molar-refractivity contribution in [3.05, 3.63) is 38.7 Å². The predicted octanol–water partition coefficient (Wildman–Crippen LogP) is 1.44. The average Bonchev–Trinajstić information content (AvgIpc) is 2.67. The molecule has 0 bridgehead atoms. The molecule has 0 amide bonds. The van der Waals surface area contributed by atoms with Crippen molar-refractivity contribution in [1.29, 1.82) is 0 Å². The normalized spacial score (nSPS) is 10.4. The number of hydrogen-bond acceptors (Lipinski definition) is 5. The lowest BCUT2D eigenvalue weighted by Gasteiger charge is -2.03. The number of nitrogens with zero attached hydrogens (tertiary/aromatic N) is 2. The fourth-order valence-electron chi connectivity index (χ4n) is 1.18. The van der Waals surface area contributed by atoms with Crippen molar-refractivity contribution in [3.8, 4) is 0 Å². The summed E-state index contributed by atoms with van der Waals surface area (Å²) in [4.78, 5) is 17.7. The number of anilines is 1. The Balaban J connectivity index is 2.10. The standard InChI is InChI=1S/C9H9BrN4O2/c1-5-2-6(16-14-5)3-11-8-7(10)9(15)13-4-12-8/h2,4H,3H2,1H3,(H2,11,12,13,15). The van der Waals surface area contributed by atoms with E-state index in [2.05, 4.69) is 36.4 Å². The first-order valence-electron chi connectivity index (χ1n) is 4.56. The van der Waals surface area contributed by atoms with Crippen LogP contribution in [0.25, 0.3) is 0 Å². The summed E-state index contributed by atoms with van der Waals surface area (Å²) < 4.78 is 5.38. The summed E-state index contributed by atoms with van der Waals surface area (Å²) >= 11 is 3.14. The molecule has 2 aromatic rings. The van der Waals surface area contributed by atoms with Crippen LogP contribution in [-0.2, 0) is 6.54 Å². The van der Waals surface area contributed by atoms with Crippen molar-refractivity contribution >= 4 is 21.7 Å². The van der Waals surface area contributed by atoms with E-state index < -0.39 is 0 Å². The minimum atomic E-state index is -0.230. The van der Waals surface area contributed by atoms with Gasteiger partial charge in [-0.15, -0.1) is 0 Å². The third-order valence-corrected chi connectivity index (χ3v) is 2.64. The van der Waals surface area contributed by atoms with E-state index in [4.69, 9.17) is 4.52 Å². The Morgan fingerprint density at radius 1 is 1.62 bits per heavy atom. The summed E-state index contributed by atoms with van der Waals surface area (Å²) in [5.74, 6) is 1.16. The van der Waals surface area contributed by atoms with Crippen LogP contribution in [-0.4, -0.2) is 15.1 Å². The third-order valence-electron chi connectivity index (χ3n) is 1.90. The minimum Gasteiger partial charge on any atom is -0.362 e. The van der Waals surface area contributed by atoms with Crippen LogP contribution in [0.15, 0.2) is 26.2 Å². The molecule has 2 rings (SSSR count). The molecule has 0 aromatic carbocycles. The molecule has 0 fully saturated rings. The largest absolute Gasteiger partial charge is 0.362 e. The summed E-state index contributed by atoms with van der Waals surface area (Å²) in [5.41, 5.74) is 0.584. The summed E-state index contributed by atoms with van der Waals surface area (Å²) in [6.45, 7) is 2.27. The van der Waals surface area contributed by atoms with Crippen molar-refractivity contribution in [2.45, 2.75) is 13.5 Å². The van der Waals surface area contributed by atoms with Gasteiger partial charge in [-0.25, -0.2) is 4.98 Å². The maximum absolute atomic E-state index is 11.2. The zero-order valence-electron chi connectivity index (χ0n) is 8.45. The Bertz CT molecular complexity index is 548. The molecule has 0 spiro atoms. The highest BCUT2D eigenvalue weighted by atomic mass is 79.9. The Morgan fingerprint density at radius 3 is 3.12 bits per heavy atom. The lowest BCUT2D eigenvalue weighted by Crippen LogP contribution is -2.11. The smallest absolute Gasteiger partial charge is 0.267 e. The molecule has 84 valence electrons. The van der Waals surface area contributed by atoms with Gasteiger partial charge in [0.25, 0.3) is 5.56 Å². The van der Waals surface area contributed by atoms with Gasteiger partial charge in [0.15, 0.2) is 5.76 Å². The van der Waals surface area contributed by atoms with Crippen LogP contribution >= 0.6 is 15.9 Å². The number of hydrogen-bond donors (Lipinski definition) is 2. The van der Waals surface area contributed by atoms with Gasteiger partial charge in [0.2, 0.25) is 0 Å². The lowest BCUT2D eigenvalue weighted by atomic mass is 10.4. The van der Waals surface area contributed by atoms with Crippen LogP contribution < -0.4 is 10.9 Å². The van der Waals surface area contributed by atoms with Crippen molar-refractivity contribution < 1.29 is 4.52 Å². The third kappa shape index (κ3) is 2.30. The highest BCUT2D eigenvalue weighted by molar-refractivity contribution is 9.10. The van der Waals surface area contributed by atoms with Crippen LogP contribution in [0.5, 0.6) is 0 Å². The molecular formula is C9H9BrN4O2. The van der Waals surface area contributed by atoms with Gasteiger partial charge in [0.1, 0.15) is 10.3 Å². The highest BCUT2D eigenvalue weighted by Crippen LogP contribution is 2.14. The topological polar surface area (TPSA) is 83.8 Å². The van der Waals surface area contributed by atoms with Gasteiger partial charge in [-0.2, -0.15) is 0 Å². The van der Waals surface area contributed by atoms with Gasteiger partial charge in [-0.3, -0.25) is 4.79 Å². The van der Waals surface area contributed by atoms with Gasteiger partial charge in [-0.1, -0.05) is 5.16 Å². The summed E-state index contributed by atoms with van der Waals surface area (Å²) in [6.07, 6.45) is 1.33. The first-order chi connectivity index (χ1) is 7.66. The van der Waals surface area contributed by atoms with Crippen molar-refractivity contribution in [2.75, 3.05) is 5.32 Å². The lowest BCUT2D eigenvalue weighted by molar-refractivity contribution is 0.384. The Kier molecular flexibility index (Phi) is 3.04. The van der Waals surface area contributed by atoms with E-state index in [0.717, 1.165) is 5.69 Å². The molecule has 16 heavy (non-hydrogen) atoms. The molecule has 2 heterocycles. The zero-order chi connectivity index (χ0) is 11.5. The van der Waals surface area contributed by atoms with E-state index in [1.807, 2.05) is 13.0 Å². The van der Waals surface area contributed by atoms with Gasteiger partial charge >= 0.3 is 0 Å². The summed E-state index contributed by atoms with van der Waals surface area (Å²) in [5, 5.41) is 6.73. The van der Waals surface area contributed by atoms with Gasteiger partial charge in [0, 0.05) is 6.07 Å². The van der Waals surface area contributed by atoms with Crippen LogP contribution in [0.2, 0.25) is 0 Å². The van der Waals surface area contributed by atoms with Crippen LogP contribution in [0, 0.1) is 6.92 Å². The molecule has 0 saturated carbocycles. The number of aromatic amines is 1. The molecule has 0 aliphatic heterocycles. The van der Waals surface area contributed by atoms with Gasteiger partial charge in [0.05, 0.1) is 18.6 Å². The van der Waals surface area contributed by atoms with Gasteiger partial charge in [-0.05, 0) is 22.9 Å². The quantitative estimate of drug-likeness (QED) is 0.891. The van der Waals surface area contributed by atoms with Crippen LogP contribution in [0.3, 0.4) is 0 Å². The maximum Gasteiger partial charge on any atom is 0.267 e. The zero-order valence-corrected chi connectivity index (χ0v) is 10.0. The number of nitrogens with one attached hydrogen (secondary N) is 2.